The summed E-state index contributed by atoms with van der Waals surface area (Å²) in [4.78, 5) is 0. The average molecular weight is 251 g/mol. The van der Waals surface area contributed by atoms with Crippen LogP contribution in [0.25, 0.3) is 0 Å². The Balaban J connectivity index is 2.02. The van der Waals surface area contributed by atoms with Gasteiger partial charge in [-0.25, -0.2) is 0 Å². The van der Waals surface area contributed by atoms with Gasteiger partial charge >= 0.3 is 0 Å². The second-order valence-electron chi connectivity index (χ2n) is 4.11. The summed E-state index contributed by atoms with van der Waals surface area (Å²) in [6.45, 7) is 4.28. The fourth-order valence-corrected chi connectivity index (χ4v) is 1.52. The molecule has 100 valence electrons. The molecule has 0 fully saturated rings. The number of ether oxygens (including phenoxy) is 1. The predicted octanol–water partition coefficient (Wildman–Crippen LogP) is 1.49. The molecule has 0 aromatic heterocycles. The van der Waals surface area contributed by atoms with Crippen LogP contribution in [0.1, 0.15) is 18.4 Å². The molecule has 4 N–H and O–H groups in total. The number of rotatable bonds is 8. The molecule has 0 heterocycles. The Hall–Kier alpha value is -1.75. The van der Waals surface area contributed by atoms with E-state index in [2.05, 4.69) is 10.5 Å². The maximum Gasteiger partial charge on any atom is 0.139 e. The lowest BCUT2D eigenvalue weighted by atomic mass is 10.2. The summed E-state index contributed by atoms with van der Waals surface area (Å²) in [5.41, 5.74) is 6.55. The fraction of sp³-hybridized carbons (Fsp3) is 0.462. The number of nitrogens with two attached hydrogens (primary N) is 1. The van der Waals surface area contributed by atoms with E-state index in [1.54, 1.807) is 0 Å². The van der Waals surface area contributed by atoms with E-state index in [1.165, 1.54) is 5.56 Å². The highest BCUT2D eigenvalue weighted by molar-refractivity contribution is 5.79. The van der Waals surface area contributed by atoms with E-state index in [0.717, 1.165) is 25.3 Å². The monoisotopic (exact) mass is 251 g/mol. The van der Waals surface area contributed by atoms with Gasteiger partial charge in [0.15, 0.2) is 0 Å². The number of nitrogens with one attached hydrogen (secondary N) is 1. The standard InChI is InChI=1S/C13H21N3O2/c1-11-4-2-5-12(10-11)18-9-8-15-7-3-6-13(14)16-17/h2,4-5,10,15,17H,3,6-9H2,1H3,(H2,14,16). The molecule has 1 rings (SSSR count). The van der Waals surface area contributed by atoms with Crippen molar-refractivity contribution >= 4 is 5.84 Å². The Bertz CT molecular complexity index is 380. The van der Waals surface area contributed by atoms with Crippen molar-refractivity contribution < 1.29 is 9.94 Å². The second kappa shape index (κ2) is 8.36. The minimum absolute atomic E-state index is 0.271. The van der Waals surface area contributed by atoms with Gasteiger partial charge in [0.1, 0.15) is 18.2 Å². The molecule has 0 aliphatic heterocycles. The molecule has 1 aromatic rings. The summed E-state index contributed by atoms with van der Waals surface area (Å²) < 4.78 is 5.58. The highest BCUT2D eigenvalue weighted by Gasteiger charge is 1.95. The number of oxime groups is 1. The number of aryl methyl sites for hydroxylation is 1. The van der Waals surface area contributed by atoms with Crippen LogP contribution in [0.15, 0.2) is 29.4 Å². The van der Waals surface area contributed by atoms with Gasteiger partial charge in [0, 0.05) is 13.0 Å². The quantitative estimate of drug-likeness (QED) is 0.215. The maximum atomic E-state index is 8.35. The van der Waals surface area contributed by atoms with Crippen LogP contribution in [-0.4, -0.2) is 30.7 Å². The molecule has 0 aliphatic carbocycles. The van der Waals surface area contributed by atoms with Gasteiger partial charge in [0.05, 0.1) is 0 Å². The van der Waals surface area contributed by atoms with E-state index in [0.29, 0.717) is 13.0 Å². The zero-order chi connectivity index (χ0) is 13.2. The predicted molar refractivity (Wildman–Crippen MR) is 72.2 cm³/mol. The Morgan fingerprint density at radius 1 is 1.44 bits per heavy atom. The van der Waals surface area contributed by atoms with Crippen molar-refractivity contribution in [1.29, 1.82) is 0 Å². The Morgan fingerprint density at radius 3 is 3.00 bits per heavy atom. The summed E-state index contributed by atoms with van der Waals surface area (Å²) >= 11 is 0. The Labute approximate surface area is 108 Å². The molecule has 1 aromatic carbocycles. The van der Waals surface area contributed by atoms with Gasteiger partial charge in [-0.3, -0.25) is 0 Å². The van der Waals surface area contributed by atoms with Crippen LogP contribution in [-0.2, 0) is 0 Å². The van der Waals surface area contributed by atoms with E-state index in [4.69, 9.17) is 15.7 Å². The first-order valence-corrected chi connectivity index (χ1v) is 6.09. The van der Waals surface area contributed by atoms with Gasteiger partial charge in [-0.15, -0.1) is 0 Å². The van der Waals surface area contributed by atoms with E-state index in [1.807, 2.05) is 31.2 Å². The van der Waals surface area contributed by atoms with E-state index >= 15 is 0 Å². The minimum atomic E-state index is 0.271. The van der Waals surface area contributed by atoms with Crippen molar-refractivity contribution in [3.63, 3.8) is 0 Å². The fourth-order valence-electron chi connectivity index (χ4n) is 1.52. The summed E-state index contributed by atoms with van der Waals surface area (Å²) in [7, 11) is 0. The van der Waals surface area contributed by atoms with Crippen molar-refractivity contribution in [2.24, 2.45) is 10.9 Å². The molecule has 0 radical (unpaired) electrons. The highest BCUT2D eigenvalue weighted by Crippen LogP contribution is 2.11. The molecule has 5 nitrogen and oxygen atoms in total. The topological polar surface area (TPSA) is 79.9 Å². The normalized spacial score (nSPS) is 11.5. The van der Waals surface area contributed by atoms with Gasteiger partial charge in [-0.1, -0.05) is 17.3 Å². The number of hydrogen-bond acceptors (Lipinski definition) is 4. The van der Waals surface area contributed by atoms with Crippen molar-refractivity contribution in [3.05, 3.63) is 29.8 Å². The van der Waals surface area contributed by atoms with Crippen LogP contribution in [0.5, 0.6) is 5.75 Å². The lowest BCUT2D eigenvalue weighted by molar-refractivity contribution is 0.312. The van der Waals surface area contributed by atoms with Crippen LogP contribution in [0.4, 0.5) is 0 Å². The molecule has 0 aliphatic rings. The molecule has 0 unspecified atom stereocenters. The van der Waals surface area contributed by atoms with Gasteiger partial charge < -0.3 is 21.0 Å². The third-order valence-corrected chi connectivity index (χ3v) is 2.45. The molecule has 0 amide bonds. The molecule has 0 bridgehead atoms. The van der Waals surface area contributed by atoms with Crippen LogP contribution in [0.2, 0.25) is 0 Å². The van der Waals surface area contributed by atoms with Crippen molar-refractivity contribution in [3.8, 4) is 5.75 Å². The lowest BCUT2D eigenvalue weighted by Crippen LogP contribution is -2.23. The average Bonchev–Trinajstić information content (AvgIpc) is 2.37. The Kier molecular flexibility index (Phi) is 6.64. The largest absolute Gasteiger partial charge is 0.492 e. The molecule has 0 saturated heterocycles. The van der Waals surface area contributed by atoms with Gasteiger partial charge in [-0.2, -0.15) is 0 Å². The third kappa shape index (κ3) is 6.10. The van der Waals surface area contributed by atoms with Crippen LogP contribution in [0.3, 0.4) is 0 Å². The first-order chi connectivity index (χ1) is 8.72. The van der Waals surface area contributed by atoms with E-state index in [-0.39, 0.29) is 5.84 Å². The zero-order valence-corrected chi connectivity index (χ0v) is 10.7. The van der Waals surface area contributed by atoms with E-state index in [9.17, 15) is 0 Å². The SMILES string of the molecule is Cc1cccc(OCCNCCCC(N)=NO)c1. The summed E-state index contributed by atoms with van der Waals surface area (Å²) in [5, 5.41) is 14.5. The van der Waals surface area contributed by atoms with Gasteiger partial charge in [0.2, 0.25) is 0 Å². The summed E-state index contributed by atoms with van der Waals surface area (Å²) in [6.07, 6.45) is 1.45. The first-order valence-electron chi connectivity index (χ1n) is 6.09. The Morgan fingerprint density at radius 2 is 2.28 bits per heavy atom. The molecule has 18 heavy (non-hydrogen) atoms. The van der Waals surface area contributed by atoms with Crippen LogP contribution < -0.4 is 15.8 Å². The minimum Gasteiger partial charge on any atom is -0.492 e. The van der Waals surface area contributed by atoms with Gasteiger partial charge in [-0.05, 0) is 37.6 Å². The molecular formula is C13H21N3O2. The van der Waals surface area contributed by atoms with Crippen molar-refractivity contribution in [2.45, 2.75) is 19.8 Å². The molecule has 5 heteroatoms. The molecule has 0 spiro atoms. The third-order valence-electron chi connectivity index (χ3n) is 2.45. The van der Waals surface area contributed by atoms with Gasteiger partial charge in [0.25, 0.3) is 0 Å². The van der Waals surface area contributed by atoms with Crippen molar-refractivity contribution in [2.75, 3.05) is 19.7 Å². The molecule has 0 atom stereocenters. The molecular weight excluding hydrogens is 230 g/mol. The molecule has 0 saturated carbocycles. The lowest BCUT2D eigenvalue weighted by Gasteiger charge is -2.07. The zero-order valence-electron chi connectivity index (χ0n) is 10.7. The maximum absolute atomic E-state index is 8.35. The first kappa shape index (κ1) is 14.3. The summed E-state index contributed by atoms with van der Waals surface area (Å²) in [5.74, 6) is 1.17. The number of hydrogen-bond donors (Lipinski definition) is 3. The van der Waals surface area contributed by atoms with Crippen molar-refractivity contribution in [1.82, 2.24) is 5.32 Å². The highest BCUT2D eigenvalue weighted by atomic mass is 16.5. The number of nitrogens with zero attached hydrogens (tertiary/aromatic N) is 1. The number of benzene rings is 1. The smallest absolute Gasteiger partial charge is 0.139 e. The van der Waals surface area contributed by atoms with Crippen LogP contribution >= 0.6 is 0 Å². The number of amidine groups is 1. The second-order valence-corrected chi connectivity index (χ2v) is 4.11. The van der Waals surface area contributed by atoms with E-state index < -0.39 is 0 Å². The van der Waals surface area contributed by atoms with Crippen LogP contribution in [0, 0.1) is 6.92 Å². The summed E-state index contributed by atoms with van der Waals surface area (Å²) in [6, 6.07) is 7.98.